The molecule has 1 unspecified atom stereocenters. The van der Waals surface area contributed by atoms with Crippen LogP contribution in [0.15, 0.2) is 34.7 Å². The average Bonchev–Trinajstić information content (AvgIpc) is 3.17. The van der Waals surface area contributed by atoms with Crippen molar-refractivity contribution in [2.75, 3.05) is 19.6 Å². The summed E-state index contributed by atoms with van der Waals surface area (Å²) in [4.78, 5) is 16.6. The molecule has 0 aliphatic carbocycles. The summed E-state index contributed by atoms with van der Waals surface area (Å²) in [6.07, 6.45) is 2.19. The van der Waals surface area contributed by atoms with Crippen LogP contribution in [0.5, 0.6) is 0 Å². The molecule has 2 heterocycles. The summed E-state index contributed by atoms with van der Waals surface area (Å²) in [5.74, 6) is 1.28. The van der Waals surface area contributed by atoms with Crippen LogP contribution in [0.4, 0.5) is 0 Å². The Morgan fingerprint density at radius 2 is 2.23 bits per heavy atom. The fourth-order valence-corrected chi connectivity index (χ4v) is 2.74. The molecule has 5 heteroatoms. The number of nitrogens with zero attached hydrogens (tertiary/aromatic N) is 1. The zero-order chi connectivity index (χ0) is 15.4. The average molecular weight is 299 g/mol. The standard InChI is InChI=1S/C17H21N3O2/c1-12-15(16(21)19-10-8-13-7-9-18-11-13)22-17(20-12)14-5-3-2-4-6-14/h2-6,13,18H,7-11H2,1H3,(H,19,21). The Morgan fingerprint density at radius 3 is 2.95 bits per heavy atom. The minimum atomic E-state index is -0.182. The summed E-state index contributed by atoms with van der Waals surface area (Å²) < 4.78 is 5.65. The van der Waals surface area contributed by atoms with E-state index in [1.165, 1.54) is 6.42 Å². The highest BCUT2D eigenvalue weighted by Gasteiger charge is 2.19. The van der Waals surface area contributed by atoms with Crippen molar-refractivity contribution in [3.05, 3.63) is 41.8 Å². The van der Waals surface area contributed by atoms with Gasteiger partial charge in [0.25, 0.3) is 5.91 Å². The number of aromatic nitrogens is 1. The Bertz CT molecular complexity index is 631. The van der Waals surface area contributed by atoms with E-state index in [0.29, 0.717) is 29.8 Å². The van der Waals surface area contributed by atoms with Crippen molar-refractivity contribution in [2.45, 2.75) is 19.8 Å². The third-order valence-electron chi connectivity index (χ3n) is 4.02. The lowest BCUT2D eigenvalue weighted by atomic mass is 10.1. The molecule has 1 fully saturated rings. The van der Waals surface area contributed by atoms with Crippen molar-refractivity contribution in [1.29, 1.82) is 0 Å². The highest BCUT2D eigenvalue weighted by molar-refractivity contribution is 5.92. The van der Waals surface area contributed by atoms with Gasteiger partial charge in [0.2, 0.25) is 11.7 Å². The summed E-state index contributed by atoms with van der Waals surface area (Å²) in [6.45, 7) is 4.60. The predicted octanol–water partition coefficient (Wildman–Crippen LogP) is 2.38. The van der Waals surface area contributed by atoms with Crippen LogP contribution in [-0.4, -0.2) is 30.5 Å². The molecule has 0 radical (unpaired) electrons. The lowest BCUT2D eigenvalue weighted by Crippen LogP contribution is -2.26. The van der Waals surface area contributed by atoms with Crippen molar-refractivity contribution < 1.29 is 9.21 Å². The quantitative estimate of drug-likeness (QED) is 0.889. The highest BCUT2D eigenvalue weighted by Crippen LogP contribution is 2.21. The number of benzene rings is 1. The molecule has 1 saturated heterocycles. The lowest BCUT2D eigenvalue weighted by molar-refractivity contribution is 0.0924. The van der Waals surface area contributed by atoms with Crippen molar-refractivity contribution >= 4 is 5.91 Å². The molecular formula is C17H21N3O2. The molecule has 22 heavy (non-hydrogen) atoms. The number of nitrogens with one attached hydrogen (secondary N) is 2. The molecule has 1 aliphatic heterocycles. The van der Waals surface area contributed by atoms with Gasteiger partial charge in [0.05, 0.1) is 5.69 Å². The van der Waals surface area contributed by atoms with E-state index >= 15 is 0 Å². The summed E-state index contributed by atoms with van der Waals surface area (Å²) in [5, 5.41) is 6.26. The van der Waals surface area contributed by atoms with Crippen LogP contribution in [0.2, 0.25) is 0 Å². The molecule has 2 N–H and O–H groups in total. The molecule has 3 rings (SSSR count). The normalized spacial score (nSPS) is 17.6. The summed E-state index contributed by atoms with van der Waals surface area (Å²) in [5.41, 5.74) is 1.50. The second-order valence-electron chi connectivity index (χ2n) is 5.70. The molecule has 1 aliphatic rings. The number of oxazole rings is 1. The van der Waals surface area contributed by atoms with Gasteiger partial charge >= 0.3 is 0 Å². The van der Waals surface area contributed by atoms with Crippen LogP contribution in [0, 0.1) is 12.8 Å². The van der Waals surface area contributed by atoms with Gasteiger partial charge in [-0.3, -0.25) is 4.79 Å². The topological polar surface area (TPSA) is 67.2 Å². The molecule has 0 spiro atoms. The van der Waals surface area contributed by atoms with E-state index in [1.54, 1.807) is 6.92 Å². The zero-order valence-electron chi connectivity index (χ0n) is 12.8. The number of amides is 1. The summed E-state index contributed by atoms with van der Waals surface area (Å²) in [6, 6.07) is 9.61. The van der Waals surface area contributed by atoms with Gasteiger partial charge in [0, 0.05) is 12.1 Å². The smallest absolute Gasteiger partial charge is 0.289 e. The Morgan fingerprint density at radius 1 is 1.41 bits per heavy atom. The van der Waals surface area contributed by atoms with E-state index in [4.69, 9.17) is 4.42 Å². The Hall–Kier alpha value is -2.14. The molecule has 1 amide bonds. The van der Waals surface area contributed by atoms with Crippen LogP contribution in [-0.2, 0) is 0 Å². The minimum Gasteiger partial charge on any atom is -0.431 e. The summed E-state index contributed by atoms with van der Waals surface area (Å²) >= 11 is 0. The van der Waals surface area contributed by atoms with E-state index in [-0.39, 0.29) is 5.91 Å². The minimum absolute atomic E-state index is 0.182. The lowest BCUT2D eigenvalue weighted by Gasteiger charge is -2.08. The number of carbonyl (C=O) groups excluding carboxylic acids is 1. The molecular weight excluding hydrogens is 278 g/mol. The van der Waals surface area contributed by atoms with E-state index in [2.05, 4.69) is 15.6 Å². The maximum Gasteiger partial charge on any atom is 0.289 e. The van der Waals surface area contributed by atoms with Crippen LogP contribution in [0.3, 0.4) is 0 Å². The first-order valence-corrected chi connectivity index (χ1v) is 7.76. The van der Waals surface area contributed by atoms with Gasteiger partial charge in [-0.05, 0) is 50.9 Å². The maximum absolute atomic E-state index is 12.2. The van der Waals surface area contributed by atoms with Crippen molar-refractivity contribution in [2.24, 2.45) is 5.92 Å². The van der Waals surface area contributed by atoms with E-state index in [9.17, 15) is 4.79 Å². The molecule has 1 aromatic heterocycles. The highest BCUT2D eigenvalue weighted by atomic mass is 16.4. The molecule has 0 saturated carbocycles. The third-order valence-corrected chi connectivity index (χ3v) is 4.02. The Balaban J connectivity index is 1.61. The van der Waals surface area contributed by atoms with Gasteiger partial charge in [0.1, 0.15) is 0 Å². The summed E-state index contributed by atoms with van der Waals surface area (Å²) in [7, 11) is 0. The molecule has 2 aromatic rings. The third kappa shape index (κ3) is 3.36. The Kier molecular flexibility index (Phi) is 4.53. The van der Waals surface area contributed by atoms with Gasteiger partial charge in [0.15, 0.2) is 0 Å². The van der Waals surface area contributed by atoms with Gasteiger partial charge in [-0.25, -0.2) is 4.98 Å². The number of hydrogen-bond donors (Lipinski definition) is 2. The SMILES string of the molecule is Cc1nc(-c2ccccc2)oc1C(=O)NCCC1CCNC1. The van der Waals surface area contributed by atoms with E-state index in [1.807, 2.05) is 30.3 Å². The largest absolute Gasteiger partial charge is 0.431 e. The van der Waals surface area contributed by atoms with Gasteiger partial charge in [-0.1, -0.05) is 18.2 Å². The Labute approximate surface area is 130 Å². The molecule has 1 atom stereocenters. The zero-order valence-corrected chi connectivity index (χ0v) is 12.8. The molecule has 116 valence electrons. The van der Waals surface area contributed by atoms with Crippen LogP contribution in [0.25, 0.3) is 11.5 Å². The first-order chi connectivity index (χ1) is 10.7. The second kappa shape index (κ2) is 6.75. The first-order valence-electron chi connectivity index (χ1n) is 7.76. The molecule has 5 nitrogen and oxygen atoms in total. The monoisotopic (exact) mass is 299 g/mol. The van der Waals surface area contributed by atoms with E-state index in [0.717, 1.165) is 25.1 Å². The van der Waals surface area contributed by atoms with Crippen molar-refractivity contribution in [1.82, 2.24) is 15.6 Å². The number of aryl methyl sites for hydroxylation is 1. The fourth-order valence-electron chi connectivity index (χ4n) is 2.74. The first kappa shape index (κ1) is 14.8. The van der Waals surface area contributed by atoms with Crippen molar-refractivity contribution in [3.63, 3.8) is 0 Å². The second-order valence-corrected chi connectivity index (χ2v) is 5.70. The van der Waals surface area contributed by atoms with Crippen LogP contribution < -0.4 is 10.6 Å². The van der Waals surface area contributed by atoms with Crippen molar-refractivity contribution in [3.8, 4) is 11.5 Å². The van der Waals surface area contributed by atoms with Gasteiger partial charge in [-0.2, -0.15) is 0 Å². The fraction of sp³-hybridized carbons (Fsp3) is 0.412. The van der Waals surface area contributed by atoms with E-state index < -0.39 is 0 Å². The number of hydrogen-bond acceptors (Lipinski definition) is 4. The number of carbonyl (C=O) groups is 1. The predicted molar refractivity (Wildman–Crippen MR) is 84.6 cm³/mol. The van der Waals surface area contributed by atoms with Gasteiger partial charge < -0.3 is 15.1 Å². The molecule has 1 aromatic carbocycles. The van der Waals surface area contributed by atoms with Crippen LogP contribution in [0.1, 0.15) is 29.1 Å². The molecule has 0 bridgehead atoms. The maximum atomic E-state index is 12.2. The number of rotatable bonds is 5. The van der Waals surface area contributed by atoms with Gasteiger partial charge in [-0.15, -0.1) is 0 Å². The van der Waals surface area contributed by atoms with Crippen LogP contribution >= 0.6 is 0 Å².